The minimum absolute atomic E-state index is 0.531. The van der Waals surface area contributed by atoms with Gasteiger partial charge >= 0.3 is 0 Å². The number of nitrogens with one attached hydrogen (secondary N) is 1. The van der Waals surface area contributed by atoms with Crippen LogP contribution in [0.5, 0.6) is 0 Å². The van der Waals surface area contributed by atoms with Crippen molar-refractivity contribution in [2.45, 2.75) is 70.6 Å². The first kappa shape index (κ1) is 14.1. The average Bonchev–Trinajstić information content (AvgIpc) is 2.79. The van der Waals surface area contributed by atoms with Crippen LogP contribution in [0.3, 0.4) is 0 Å². The minimum Gasteiger partial charge on any atom is -0.311 e. The number of benzene rings is 1. The fraction of sp³-hybridized carbons (Fsp3) is 0.667. The van der Waals surface area contributed by atoms with Gasteiger partial charge in [-0.25, -0.2) is 0 Å². The molecule has 2 aliphatic heterocycles. The van der Waals surface area contributed by atoms with Gasteiger partial charge in [-0.2, -0.15) is 0 Å². The standard InChI is InChI=1S/C18H28N2/c1-4-20(14(3)15-7-5-13(2)6-8-15)18-11-16-9-10-17(12-18)19-16/h5-8,14,16-19H,4,9-12H2,1-3H3. The molecule has 0 aliphatic carbocycles. The molecule has 0 amide bonds. The van der Waals surface area contributed by atoms with Crippen LogP contribution in [0.15, 0.2) is 24.3 Å². The Labute approximate surface area is 123 Å². The van der Waals surface area contributed by atoms with Gasteiger partial charge in [0.25, 0.3) is 0 Å². The lowest BCUT2D eigenvalue weighted by atomic mass is 9.95. The van der Waals surface area contributed by atoms with Crippen molar-refractivity contribution in [3.05, 3.63) is 35.4 Å². The van der Waals surface area contributed by atoms with Crippen molar-refractivity contribution in [1.82, 2.24) is 10.2 Å². The SMILES string of the molecule is CCN(C1CC2CCC(C1)N2)C(C)c1ccc(C)cc1. The summed E-state index contributed by atoms with van der Waals surface area (Å²) in [6.45, 7) is 8.00. The zero-order chi connectivity index (χ0) is 14.1. The fourth-order valence-electron chi connectivity index (χ4n) is 4.18. The molecule has 0 radical (unpaired) electrons. The molecule has 0 saturated carbocycles. The summed E-state index contributed by atoms with van der Waals surface area (Å²) in [6, 6.07) is 11.9. The summed E-state index contributed by atoms with van der Waals surface area (Å²) in [6.07, 6.45) is 5.44. The van der Waals surface area contributed by atoms with Gasteiger partial charge in [0.05, 0.1) is 0 Å². The van der Waals surface area contributed by atoms with E-state index in [1.54, 1.807) is 0 Å². The normalized spacial score (nSPS) is 30.7. The fourth-order valence-corrected chi connectivity index (χ4v) is 4.18. The molecular weight excluding hydrogens is 244 g/mol. The molecule has 110 valence electrons. The number of fused-ring (bicyclic) bond motifs is 2. The van der Waals surface area contributed by atoms with Crippen molar-refractivity contribution in [2.24, 2.45) is 0 Å². The maximum atomic E-state index is 3.76. The third-order valence-electron chi connectivity index (χ3n) is 5.34. The molecule has 0 aromatic heterocycles. The first-order valence-corrected chi connectivity index (χ1v) is 8.25. The molecule has 1 N–H and O–H groups in total. The molecule has 2 nitrogen and oxygen atoms in total. The molecule has 0 spiro atoms. The van der Waals surface area contributed by atoms with Gasteiger partial charge in [-0.05, 0) is 51.6 Å². The van der Waals surface area contributed by atoms with Gasteiger partial charge in [-0.15, -0.1) is 0 Å². The van der Waals surface area contributed by atoms with Crippen LogP contribution in [0.1, 0.15) is 56.7 Å². The monoisotopic (exact) mass is 272 g/mol. The van der Waals surface area contributed by atoms with Crippen LogP contribution in [-0.4, -0.2) is 29.6 Å². The topological polar surface area (TPSA) is 15.3 Å². The highest BCUT2D eigenvalue weighted by Crippen LogP contribution is 2.33. The lowest BCUT2D eigenvalue weighted by molar-refractivity contribution is 0.108. The Hall–Kier alpha value is -0.860. The van der Waals surface area contributed by atoms with Crippen LogP contribution >= 0.6 is 0 Å². The maximum Gasteiger partial charge on any atom is 0.0322 e. The van der Waals surface area contributed by atoms with E-state index < -0.39 is 0 Å². The highest BCUT2D eigenvalue weighted by Gasteiger charge is 2.36. The summed E-state index contributed by atoms with van der Waals surface area (Å²) < 4.78 is 0. The van der Waals surface area contributed by atoms with Crippen molar-refractivity contribution in [3.63, 3.8) is 0 Å². The van der Waals surface area contributed by atoms with Gasteiger partial charge in [0.1, 0.15) is 0 Å². The summed E-state index contributed by atoms with van der Waals surface area (Å²) in [4.78, 5) is 2.72. The van der Waals surface area contributed by atoms with E-state index in [9.17, 15) is 0 Å². The summed E-state index contributed by atoms with van der Waals surface area (Å²) >= 11 is 0. The van der Waals surface area contributed by atoms with E-state index in [1.165, 1.54) is 36.8 Å². The summed E-state index contributed by atoms with van der Waals surface area (Å²) in [5, 5.41) is 3.76. The van der Waals surface area contributed by atoms with Gasteiger partial charge in [-0.1, -0.05) is 36.8 Å². The van der Waals surface area contributed by atoms with Gasteiger partial charge in [-0.3, -0.25) is 4.90 Å². The van der Waals surface area contributed by atoms with E-state index in [0.29, 0.717) is 6.04 Å². The first-order valence-electron chi connectivity index (χ1n) is 8.25. The van der Waals surface area contributed by atoms with E-state index in [1.807, 2.05) is 0 Å². The van der Waals surface area contributed by atoms with Gasteiger partial charge < -0.3 is 5.32 Å². The van der Waals surface area contributed by atoms with Gasteiger partial charge in [0, 0.05) is 24.2 Å². The predicted octanol–water partition coefficient (Wildman–Crippen LogP) is 3.66. The predicted molar refractivity (Wildman–Crippen MR) is 84.9 cm³/mol. The molecule has 2 heterocycles. The zero-order valence-electron chi connectivity index (χ0n) is 13.1. The number of hydrogen-bond acceptors (Lipinski definition) is 2. The van der Waals surface area contributed by atoms with Crippen LogP contribution in [0.25, 0.3) is 0 Å². The van der Waals surface area contributed by atoms with Crippen molar-refractivity contribution in [1.29, 1.82) is 0 Å². The second kappa shape index (κ2) is 5.87. The summed E-state index contributed by atoms with van der Waals surface area (Å²) in [7, 11) is 0. The quantitative estimate of drug-likeness (QED) is 0.900. The molecule has 2 heteroatoms. The Morgan fingerprint density at radius 1 is 1.15 bits per heavy atom. The molecule has 3 atom stereocenters. The van der Waals surface area contributed by atoms with E-state index in [4.69, 9.17) is 0 Å². The number of aryl methyl sites for hydroxylation is 1. The number of nitrogens with zero attached hydrogens (tertiary/aromatic N) is 1. The number of rotatable bonds is 4. The molecule has 3 rings (SSSR count). The lowest BCUT2D eigenvalue weighted by Crippen LogP contribution is -2.48. The van der Waals surface area contributed by atoms with Crippen LogP contribution in [-0.2, 0) is 0 Å². The number of piperidine rings is 1. The molecule has 20 heavy (non-hydrogen) atoms. The third kappa shape index (κ3) is 2.77. The van der Waals surface area contributed by atoms with Crippen LogP contribution < -0.4 is 5.32 Å². The second-order valence-corrected chi connectivity index (χ2v) is 6.68. The molecule has 1 aromatic carbocycles. The Bertz CT molecular complexity index is 427. The molecular formula is C18H28N2. The molecule has 2 aliphatic rings. The van der Waals surface area contributed by atoms with Crippen LogP contribution in [0, 0.1) is 6.92 Å². The Morgan fingerprint density at radius 3 is 2.30 bits per heavy atom. The molecule has 2 bridgehead atoms. The molecule has 3 unspecified atom stereocenters. The van der Waals surface area contributed by atoms with Crippen molar-refractivity contribution < 1.29 is 0 Å². The van der Waals surface area contributed by atoms with Crippen molar-refractivity contribution in [3.8, 4) is 0 Å². The lowest BCUT2D eigenvalue weighted by Gasteiger charge is -2.40. The molecule has 1 aromatic rings. The zero-order valence-corrected chi connectivity index (χ0v) is 13.1. The summed E-state index contributed by atoms with van der Waals surface area (Å²) in [5.74, 6) is 0. The minimum atomic E-state index is 0.531. The van der Waals surface area contributed by atoms with Crippen molar-refractivity contribution in [2.75, 3.05) is 6.54 Å². The van der Waals surface area contributed by atoms with Crippen molar-refractivity contribution >= 4 is 0 Å². The highest BCUT2D eigenvalue weighted by atomic mass is 15.2. The maximum absolute atomic E-state index is 3.76. The Balaban J connectivity index is 1.73. The first-order chi connectivity index (χ1) is 9.67. The molecule has 2 saturated heterocycles. The van der Waals surface area contributed by atoms with Crippen LogP contribution in [0.4, 0.5) is 0 Å². The van der Waals surface area contributed by atoms with E-state index in [0.717, 1.165) is 24.7 Å². The smallest absolute Gasteiger partial charge is 0.0322 e. The number of hydrogen-bond donors (Lipinski definition) is 1. The van der Waals surface area contributed by atoms with E-state index in [-0.39, 0.29) is 0 Å². The van der Waals surface area contributed by atoms with Gasteiger partial charge in [0.2, 0.25) is 0 Å². The largest absolute Gasteiger partial charge is 0.311 e. The van der Waals surface area contributed by atoms with E-state index >= 15 is 0 Å². The molecule has 2 fully saturated rings. The highest BCUT2D eigenvalue weighted by molar-refractivity contribution is 5.24. The third-order valence-corrected chi connectivity index (χ3v) is 5.34. The Morgan fingerprint density at radius 2 is 1.75 bits per heavy atom. The Kier molecular flexibility index (Phi) is 4.13. The average molecular weight is 272 g/mol. The summed E-state index contributed by atoms with van der Waals surface area (Å²) in [5.41, 5.74) is 2.81. The van der Waals surface area contributed by atoms with E-state index in [2.05, 4.69) is 55.3 Å². The van der Waals surface area contributed by atoms with Crippen LogP contribution in [0.2, 0.25) is 0 Å². The van der Waals surface area contributed by atoms with Gasteiger partial charge in [0.15, 0.2) is 0 Å². The second-order valence-electron chi connectivity index (χ2n) is 6.68.